The number of hydrogen-bond donors (Lipinski definition) is 4. The Morgan fingerprint density at radius 1 is 1.32 bits per heavy atom. The zero-order valence-corrected chi connectivity index (χ0v) is 13.4. The molecule has 25 heavy (non-hydrogen) atoms. The van der Waals surface area contributed by atoms with E-state index in [1.165, 1.54) is 12.3 Å². The van der Waals surface area contributed by atoms with E-state index in [4.69, 9.17) is 11.5 Å². The second-order valence-corrected chi connectivity index (χ2v) is 5.38. The Labute approximate surface area is 143 Å². The molecule has 0 atom stereocenters. The van der Waals surface area contributed by atoms with Crippen LogP contribution in [-0.4, -0.2) is 21.8 Å². The Balaban J connectivity index is 2.22. The molecule has 2 heterocycles. The number of nitrogens with two attached hydrogens (primary N) is 2. The van der Waals surface area contributed by atoms with Gasteiger partial charge < -0.3 is 21.8 Å². The number of fused-ring (bicyclic) bond motifs is 1. The number of aromatic nitrogens is 2. The first-order valence-electron chi connectivity index (χ1n) is 7.58. The summed E-state index contributed by atoms with van der Waals surface area (Å²) in [6, 6.07) is 7.25. The number of primary amides is 1. The number of hydrogen-bond acceptors (Lipinski definition) is 4. The SMILES string of the molecule is C=CC(=O)Nc1cccc(-c2ncc(C(N)=O)c3[nH]ccc23)c1CN. The molecule has 3 aromatic rings. The van der Waals surface area contributed by atoms with Crippen LogP contribution in [0.15, 0.2) is 49.3 Å². The second-order valence-electron chi connectivity index (χ2n) is 5.38. The van der Waals surface area contributed by atoms with Crippen molar-refractivity contribution < 1.29 is 9.59 Å². The molecule has 7 nitrogen and oxygen atoms in total. The minimum absolute atomic E-state index is 0.202. The molecule has 0 bridgehead atoms. The van der Waals surface area contributed by atoms with Gasteiger partial charge in [0.2, 0.25) is 5.91 Å². The molecule has 1 aromatic carbocycles. The molecule has 0 aliphatic carbocycles. The third kappa shape index (κ3) is 2.88. The van der Waals surface area contributed by atoms with Gasteiger partial charge in [0.1, 0.15) is 0 Å². The van der Waals surface area contributed by atoms with E-state index in [-0.39, 0.29) is 12.5 Å². The van der Waals surface area contributed by atoms with Crippen molar-refractivity contribution in [1.29, 1.82) is 0 Å². The lowest BCUT2D eigenvalue weighted by Crippen LogP contribution is -2.13. The lowest BCUT2D eigenvalue weighted by molar-refractivity contribution is -0.111. The topological polar surface area (TPSA) is 127 Å². The van der Waals surface area contributed by atoms with Crippen molar-refractivity contribution >= 4 is 28.4 Å². The van der Waals surface area contributed by atoms with Crippen LogP contribution < -0.4 is 16.8 Å². The lowest BCUT2D eigenvalue weighted by atomic mass is 9.98. The van der Waals surface area contributed by atoms with Crippen LogP contribution in [0.1, 0.15) is 15.9 Å². The van der Waals surface area contributed by atoms with Gasteiger partial charge in [-0.2, -0.15) is 0 Å². The van der Waals surface area contributed by atoms with Crippen LogP contribution in [0.4, 0.5) is 5.69 Å². The van der Waals surface area contributed by atoms with Crippen LogP contribution in [0.5, 0.6) is 0 Å². The van der Waals surface area contributed by atoms with Crippen LogP contribution in [-0.2, 0) is 11.3 Å². The van der Waals surface area contributed by atoms with E-state index < -0.39 is 5.91 Å². The number of nitrogens with one attached hydrogen (secondary N) is 2. The molecule has 0 aliphatic heterocycles. The van der Waals surface area contributed by atoms with E-state index in [1.807, 2.05) is 12.1 Å². The maximum absolute atomic E-state index is 11.6. The maximum Gasteiger partial charge on any atom is 0.252 e. The summed E-state index contributed by atoms with van der Waals surface area (Å²) >= 11 is 0. The Morgan fingerprint density at radius 2 is 2.12 bits per heavy atom. The van der Waals surface area contributed by atoms with Gasteiger partial charge in [0, 0.05) is 35.6 Å². The minimum Gasteiger partial charge on any atom is -0.365 e. The fraction of sp³-hybridized carbons (Fsp3) is 0.0556. The number of carbonyl (C=O) groups is 2. The fourth-order valence-electron chi connectivity index (χ4n) is 2.78. The van der Waals surface area contributed by atoms with E-state index in [0.29, 0.717) is 22.5 Å². The van der Waals surface area contributed by atoms with Gasteiger partial charge in [-0.15, -0.1) is 0 Å². The zero-order chi connectivity index (χ0) is 18.0. The molecule has 3 rings (SSSR count). The van der Waals surface area contributed by atoms with Gasteiger partial charge in [-0.25, -0.2) is 0 Å². The summed E-state index contributed by atoms with van der Waals surface area (Å²) in [5.41, 5.74) is 15.0. The summed E-state index contributed by atoms with van der Waals surface area (Å²) in [6.07, 6.45) is 4.34. The van der Waals surface area contributed by atoms with E-state index in [1.54, 1.807) is 18.3 Å². The highest BCUT2D eigenvalue weighted by Gasteiger charge is 2.17. The third-order valence-electron chi connectivity index (χ3n) is 3.94. The second kappa shape index (κ2) is 6.58. The number of benzene rings is 1. The molecule has 0 spiro atoms. The quantitative estimate of drug-likeness (QED) is 0.531. The van der Waals surface area contributed by atoms with Gasteiger partial charge in [-0.3, -0.25) is 14.6 Å². The largest absolute Gasteiger partial charge is 0.365 e. The summed E-state index contributed by atoms with van der Waals surface area (Å²) < 4.78 is 0. The summed E-state index contributed by atoms with van der Waals surface area (Å²) in [7, 11) is 0. The number of anilines is 1. The molecule has 2 aromatic heterocycles. The average Bonchev–Trinajstić information content (AvgIpc) is 3.10. The molecule has 7 heteroatoms. The summed E-state index contributed by atoms with van der Waals surface area (Å²) in [5.74, 6) is -0.881. The van der Waals surface area contributed by atoms with Crippen molar-refractivity contribution in [3.8, 4) is 11.3 Å². The van der Waals surface area contributed by atoms with E-state index in [2.05, 4.69) is 21.9 Å². The number of H-pyrrole nitrogens is 1. The Bertz CT molecular complexity index is 990. The van der Waals surface area contributed by atoms with Gasteiger partial charge in [0.15, 0.2) is 0 Å². The highest BCUT2D eigenvalue weighted by Crippen LogP contribution is 2.33. The summed E-state index contributed by atoms with van der Waals surface area (Å²) in [6.45, 7) is 3.65. The number of amides is 2. The fourth-order valence-corrected chi connectivity index (χ4v) is 2.78. The molecule has 0 radical (unpaired) electrons. The van der Waals surface area contributed by atoms with Crippen LogP contribution in [0.3, 0.4) is 0 Å². The maximum atomic E-state index is 11.6. The molecule has 0 fully saturated rings. The van der Waals surface area contributed by atoms with Gasteiger partial charge in [0.05, 0.1) is 16.8 Å². The first-order chi connectivity index (χ1) is 12.1. The standard InChI is InChI=1S/C18H17N5O2/c1-2-15(24)23-14-5-3-4-10(12(14)8-19)16-11-6-7-21-17(11)13(9-22-16)18(20)25/h2-7,9,21H,1,8,19H2,(H2,20,25)(H,23,24). The zero-order valence-electron chi connectivity index (χ0n) is 13.4. The molecular formula is C18H17N5O2. The summed E-state index contributed by atoms with van der Waals surface area (Å²) in [4.78, 5) is 30.7. The molecule has 0 aliphatic rings. The van der Waals surface area contributed by atoms with Crippen molar-refractivity contribution in [3.63, 3.8) is 0 Å². The van der Waals surface area contributed by atoms with Crippen LogP contribution in [0, 0.1) is 0 Å². The van der Waals surface area contributed by atoms with E-state index in [9.17, 15) is 9.59 Å². The molecule has 2 amide bonds. The molecule has 0 unspecified atom stereocenters. The van der Waals surface area contributed by atoms with Crippen LogP contribution >= 0.6 is 0 Å². The number of pyridine rings is 1. The number of nitrogens with zero attached hydrogens (tertiary/aromatic N) is 1. The van der Waals surface area contributed by atoms with Gasteiger partial charge in [0.25, 0.3) is 5.91 Å². The van der Waals surface area contributed by atoms with Crippen molar-refractivity contribution in [2.24, 2.45) is 11.5 Å². The normalized spacial score (nSPS) is 10.6. The van der Waals surface area contributed by atoms with E-state index >= 15 is 0 Å². The minimum atomic E-state index is -0.558. The van der Waals surface area contributed by atoms with Crippen molar-refractivity contribution in [3.05, 3.63) is 60.4 Å². The molecule has 0 saturated heterocycles. The van der Waals surface area contributed by atoms with Gasteiger partial charge in [-0.1, -0.05) is 18.7 Å². The predicted molar refractivity (Wildman–Crippen MR) is 96.8 cm³/mol. The Hall–Kier alpha value is -3.45. The molecule has 6 N–H and O–H groups in total. The first kappa shape index (κ1) is 16.4. The Morgan fingerprint density at radius 3 is 2.80 bits per heavy atom. The Kier molecular flexibility index (Phi) is 4.32. The predicted octanol–water partition coefficient (Wildman–Crippen LogP) is 1.91. The van der Waals surface area contributed by atoms with Gasteiger partial charge in [-0.05, 0) is 23.8 Å². The number of rotatable bonds is 5. The van der Waals surface area contributed by atoms with Crippen molar-refractivity contribution in [1.82, 2.24) is 9.97 Å². The average molecular weight is 335 g/mol. The van der Waals surface area contributed by atoms with E-state index in [0.717, 1.165) is 16.5 Å². The van der Waals surface area contributed by atoms with Crippen molar-refractivity contribution in [2.75, 3.05) is 5.32 Å². The number of carbonyl (C=O) groups excluding carboxylic acids is 2. The summed E-state index contributed by atoms with van der Waals surface area (Å²) in [5, 5.41) is 3.49. The van der Waals surface area contributed by atoms with Crippen molar-refractivity contribution in [2.45, 2.75) is 6.54 Å². The molecule has 126 valence electrons. The van der Waals surface area contributed by atoms with Crippen LogP contribution in [0.25, 0.3) is 22.2 Å². The smallest absolute Gasteiger partial charge is 0.252 e. The monoisotopic (exact) mass is 335 g/mol. The highest BCUT2D eigenvalue weighted by molar-refractivity contribution is 6.08. The molecule has 0 saturated carbocycles. The first-order valence-corrected chi connectivity index (χ1v) is 7.58. The van der Waals surface area contributed by atoms with Gasteiger partial charge >= 0.3 is 0 Å². The molecular weight excluding hydrogens is 318 g/mol. The van der Waals surface area contributed by atoms with Crippen LogP contribution in [0.2, 0.25) is 0 Å². The third-order valence-corrected chi connectivity index (χ3v) is 3.94. The number of aromatic amines is 1. The lowest BCUT2D eigenvalue weighted by Gasteiger charge is -2.14. The highest BCUT2D eigenvalue weighted by atomic mass is 16.1.